The summed E-state index contributed by atoms with van der Waals surface area (Å²) >= 11 is 0.834. The number of nitro benzene ring substituents is 1. The number of nitrogens with one attached hydrogen (secondary N) is 1. The molecule has 3 saturated carbocycles. The lowest BCUT2D eigenvalue weighted by molar-refractivity contribution is -0.385. The third-order valence-electron chi connectivity index (χ3n) is 12.6. The first kappa shape index (κ1) is 39.6. The Hall–Kier alpha value is -3.62. The van der Waals surface area contributed by atoms with Gasteiger partial charge in [-0.1, -0.05) is 31.2 Å². The van der Waals surface area contributed by atoms with Gasteiger partial charge in [-0.25, -0.2) is 4.79 Å². The second kappa shape index (κ2) is 15.4. The Labute approximate surface area is 307 Å². The second-order valence-corrected chi connectivity index (χ2v) is 16.6. The van der Waals surface area contributed by atoms with Crippen LogP contribution in [-0.2, 0) is 28.7 Å². The minimum Gasteiger partial charge on any atom is -0.493 e. The number of nitro groups is 1. The maximum Gasteiger partial charge on any atom is 0.329 e. The number of fused-ring (bicyclic) bond motifs is 5. The fourth-order valence-corrected chi connectivity index (χ4v) is 10.6. The highest BCUT2D eigenvalue weighted by atomic mass is 32.2. The zero-order chi connectivity index (χ0) is 38.2. The molecule has 0 aliphatic heterocycles. The summed E-state index contributed by atoms with van der Waals surface area (Å²) in [6.07, 6.45) is 5.01. The lowest BCUT2D eigenvalue weighted by atomic mass is 9.45. The highest BCUT2D eigenvalue weighted by Gasteiger charge is 2.68. The number of hydrogen-bond donors (Lipinski definition) is 3. The predicted molar refractivity (Wildman–Crippen MR) is 191 cm³/mol. The van der Waals surface area contributed by atoms with Crippen molar-refractivity contribution in [3.05, 3.63) is 45.0 Å². The van der Waals surface area contributed by atoms with Crippen LogP contribution in [0.25, 0.3) is 0 Å². The number of amides is 1. The number of thioether (sulfide) groups is 1. The highest BCUT2D eigenvalue weighted by Crippen LogP contribution is 2.67. The summed E-state index contributed by atoms with van der Waals surface area (Å²) in [4.78, 5) is 74.3. The lowest BCUT2D eigenvalue weighted by Gasteiger charge is -2.60. The summed E-state index contributed by atoms with van der Waals surface area (Å²) in [6.45, 7) is 8.03. The van der Waals surface area contributed by atoms with Crippen LogP contribution in [-0.4, -0.2) is 80.4 Å². The Kier molecular flexibility index (Phi) is 11.7. The van der Waals surface area contributed by atoms with Crippen molar-refractivity contribution < 1.29 is 48.6 Å². The zero-order valence-electron chi connectivity index (χ0n) is 30.5. The summed E-state index contributed by atoms with van der Waals surface area (Å²) in [6, 6.07) is 1.68. The molecule has 5 rings (SSSR count). The maximum atomic E-state index is 13.7. The molecule has 0 spiro atoms. The van der Waals surface area contributed by atoms with Crippen LogP contribution < -0.4 is 10.1 Å². The number of aliphatic hydroxyl groups is 2. The van der Waals surface area contributed by atoms with E-state index in [9.17, 15) is 44.3 Å². The van der Waals surface area contributed by atoms with Crippen LogP contribution >= 0.6 is 11.8 Å². The summed E-state index contributed by atoms with van der Waals surface area (Å²) in [7, 11) is 0. The Balaban J connectivity index is 1.14. The molecule has 1 unspecified atom stereocenters. The number of benzene rings is 1. The van der Waals surface area contributed by atoms with E-state index < -0.39 is 52.4 Å². The molecule has 0 aromatic heterocycles. The fraction of sp³-hybridized carbons (Fsp3) is 0.658. The van der Waals surface area contributed by atoms with Gasteiger partial charge >= 0.3 is 5.97 Å². The Bertz CT molecular complexity index is 1680. The molecule has 1 aromatic rings. The van der Waals surface area contributed by atoms with Crippen LogP contribution in [0, 0.1) is 52.5 Å². The monoisotopic (exact) mass is 742 g/mol. The van der Waals surface area contributed by atoms with Crippen LogP contribution in [0.2, 0.25) is 0 Å². The van der Waals surface area contributed by atoms with Gasteiger partial charge in [0.2, 0.25) is 11.7 Å². The molecule has 3 N–H and O–H groups in total. The number of aliphatic hydroxyl groups excluding tert-OH is 1. The number of rotatable bonds is 13. The fourth-order valence-electron chi connectivity index (χ4n) is 9.70. The molecule has 4 aliphatic rings. The Morgan fingerprint density at radius 1 is 1.12 bits per heavy atom. The summed E-state index contributed by atoms with van der Waals surface area (Å²) < 4.78 is 11.1. The van der Waals surface area contributed by atoms with E-state index in [0.717, 1.165) is 30.2 Å². The average molecular weight is 743 g/mol. The van der Waals surface area contributed by atoms with E-state index in [1.807, 2.05) is 6.92 Å². The van der Waals surface area contributed by atoms with Crippen molar-refractivity contribution >= 4 is 46.0 Å². The largest absolute Gasteiger partial charge is 0.493 e. The van der Waals surface area contributed by atoms with Gasteiger partial charge in [0.15, 0.2) is 17.5 Å². The van der Waals surface area contributed by atoms with Crippen molar-refractivity contribution in [2.45, 2.75) is 110 Å². The molecule has 0 saturated heterocycles. The van der Waals surface area contributed by atoms with Crippen molar-refractivity contribution in [3.63, 3.8) is 0 Å². The molecule has 8 atom stereocenters. The average Bonchev–Trinajstić information content (AvgIpc) is 3.35. The number of ketones is 2. The van der Waals surface area contributed by atoms with Gasteiger partial charge in [0.1, 0.15) is 17.4 Å². The van der Waals surface area contributed by atoms with Gasteiger partial charge < -0.3 is 25.0 Å². The molecule has 1 amide bonds. The molecule has 0 heterocycles. The number of nitrogens with zero attached hydrogens (tertiary/aromatic N) is 1. The summed E-state index contributed by atoms with van der Waals surface area (Å²) in [5, 5.41) is 37.0. The molecule has 0 bridgehead atoms. The van der Waals surface area contributed by atoms with Crippen molar-refractivity contribution in [1.29, 1.82) is 0 Å². The van der Waals surface area contributed by atoms with Crippen LogP contribution in [0.1, 0.15) is 89.7 Å². The predicted octanol–water partition coefficient (Wildman–Crippen LogP) is 4.48. The number of carbonyl (C=O) groups excluding carboxylic acids is 5. The SMILES string of the molecule is CC(=O)NC(CSC(=O)CCCOc1ccc([N+](=O)[O-])c(C)c1C)C(=O)OCC(=O)[C@@]1(O)CC[C@H]2[C@@H]3CCC4=CC(=O)CC[C@]4(C)[C@H]3[C@@H](O)C[C@@]21C. The minimum absolute atomic E-state index is 0.00202. The van der Waals surface area contributed by atoms with Crippen molar-refractivity contribution in [2.75, 3.05) is 19.0 Å². The standard InChI is InChI=1S/C38H50N2O11S/c1-21-22(2)31(11-10-29(21)40(48)49)50-16-6-7-33(45)52-20-28(39-23(3)41)35(46)51-19-32(44)38(47)15-13-27-26-9-8-24-17-25(42)12-14-36(24,4)34(26)30(43)18-37(27,38)5/h10-11,17,26-28,30,34,43,47H,6-9,12-16,18-20H2,1-5H3,(H,39,41)/t26-,27-,28?,30-,34+,36-,37-,38-/m0/s1. The first-order chi connectivity index (χ1) is 24.4. The van der Waals surface area contributed by atoms with Gasteiger partial charge in [-0.05, 0) is 94.1 Å². The van der Waals surface area contributed by atoms with Crippen molar-refractivity contribution in [3.8, 4) is 5.75 Å². The lowest BCUT2D eigenvalue weighted by Crippen LogP contribution is -2.62. The minimum atomic E-state index is -1.83. The van der Waals surface area contributed by atoms with Crippen LogP contribution in [0.4, 0.5) is 5.69 Å². The van der Waals surface area contributed by atoms with Gasteiger partial charge in [0.25, 0.3) is 5.69 Å². The molecular weight excluding hydrogens is 692 g/mol. The first-order valence-corrected chi connectivity index (χ1v) is 19.1. The zero-order valence-corrected chi connectivity index (χ0v) is 31.3. The number of Topliss-reactive ketones (excluding diaryl/α,β-unsaturated/α-hetero) is 1. The quantitative estimate of drug-likeness (QED) is 0.111. The highest BCUT2D eigenvalue weighted by molar-refractivity contribution is 8.13. The number of ether oxygens (including phenoxy) is 2. The third-order valence-corrected chi connectivity index (χ3v) is 13.6. The molecule has 1 aromatic carbocycles. The number of carbonyl (C=O) groups is 5. The molecular formula is C38H50N2O11S. The van der Waals surface area contributed by atoms with Crippen molar-refractivity contribution in [1.82, 2.24) is 5.32 Å². The van der Waals surface area contributed by atoms with E-state index in [-0.39, 0.29) is 71.4 Å². The molecule has 14 heteroatoms. The summed E-state index contributed by atoms with van der Waals surface area (Å²) in [5.41, 5.74) is -0.855. The van der Waals surface area contributed by atoms with E-state index in [1.54, 1.807) is 19.9 Å². The van der Waals surface area contributed by atoms with Crippen molar-refractivity contribution in [2.24, 2.45) is 28.6 Å². The van der Waals surface area contributed by atoms with Crippen LogP contribution in [0.3, 0.4) is 0 Å². The molecule has 52 heavy (non-hydrogen) atoms. The van der Waals surface area contributed by atoms with Gasteiger partial charge in [0, 0.05) is 48.1 Å². The van der Waals surface area contributed by atoms with Gasteiger partial charge in [-0.2, -0.15) is 0 Å². The van der Waals surface area contributed by atoms with Gasteiger partial charge in [-0.15, -0.1) is 0 Å². The third kappa shape index (κ3) is 7.43. The Morgan fingerprint density at radius 2 is 1.85 bits per heavy atom. The maximum absolute atomic E-state index is 13.7. The summed E-state index contributed by atoms with van der Waals surface area (Å²) in [5.74, 6) is -1.67. The molecule has 3 fully saturated rings. The number of allylic oxidation sites excluding steroid dienone is 1. The molecule has 13 nitrogen and oxygen atoms in total. The number of esters is 1. The molecule has 284 valence electrons. The van der Waals surface area contributed by atoms with E-state index >= 15 is 0 Å². The normalized spacial score (nSPS) is 31.3. The van der Waals surface area contributed by atoms with E-state index in [1.165, 1.54) is 19.1 Å². The first-order valence-electron chi connectivity index (χ1n) is 18.1. The van der Waals surface area contributed by atoms with Gasteiger partial charge in [-0.3, -0.25) is 29.3 Å². The van der Waals surface area contributed by atoms with E-state index in [0.29, 0.717) is 42.6 Å². The molecule has 4 aliphatic carbocycles. The second-order valence-electron chi connectivity index (χ2n) is 15.5. The Morgan fingerprint density at radius 3 is 2.54 bits per heavy atom. The topological polar surface area (TPSA) is 199 Å². The number of hydrogen-bond acceptors (Lipinski definition) is 12. The molecule has 0 radical (unpaired) electrons. The van der Waals surface area contributed by atoms with E-state index in [2.05, 4.69) is 12.2 Å². The van der Waals surface area contributed by atoms with Crippen LogP contribution in [0.15, 0.2) is 23.8 Å². The van der Waals surface area contributed by atoms with Gasteiger partial charge in [0.05, 0.1) is 17.6 Å². The smallest absolute Gasteiger partial charge is 0.329 e. The van der Waals surface area contributed by atoms with E-state index in [4.69, 9.17) is 9.47 Å². The van der Waals surface area contributed by atoms with Crippen LogP contribution in [0.5, 0.6) is 5.75 Å².